The van der Waals surface area contributed by atoms with E-state index in [0.29, 0.717) is 0 Å². The fourth-order valence-corrected chi connectivity index (χ4v) is 1.97. The van der Waals surface area contributed by atoms with Crippen molar-refractivity contribution in [3.8, 4) is 0 Å². The highest BCUT2D eigenvalue weighted by atomic mass is 14.0. The normalized spacial score (nSPS) is 11.8. The third-order valence-corrected chi connectivity index (χ3v) is 3.09. The first-order valence-electron chi connectivity index (χ1n) is 6.54. The van der Waals surface area contributed by atoms with Crippen molar-refractivity contribution in [2.24, 2.45) is 0 Å². The van der Waals surface area contributed by atoms with Crippen molar-refractivity contribution in [2.75, 3.05) is 0 Å². The van der Waals surface area contributed by atoms with Gasteiger partial charge in [0.15, 0.2) is 0 Å². The van der Waals surface area contributed by atoms with Gasteiger partial charge in [0, 0.05) is 0 Å². The molecule has 0 heterocycles. The van der Waals surface area contributed by atoms with E-state index in [4.69, 9.17) is 0 Å². The van der Waals surface area contributed by atoms with Gasteiger partial charge in [-0.25, -0.2) is 0 Å². The Labute approximate surface area is 100 Å². The van der Waals surface area contributed by atoms with Gasteiger partial charge in [-0.3, -0.25) is 0 Å². The summed E-state index contributed by atoms with van der Waals surface area (Å²) in [6, 6.07) is 10.8. The van der Waals surface area contributed by atoms with E-state index in [1.165, 1.54) is 44.1 Å². The molecule has 88 valence electrons. The topological polar surface area (TPSA) is 0 Å². The number of hydrogen-bond acceptors (Lipinski definition) is 0. The van der Waals surface area contributed by atoms with Crippen molar-refractivity contribution in [3.05, 3.63) is 47.5 Å². The first-order valence-corrected chi connectivity index (χ1v) is 6.54. The van der Waals surface area contributed by atoms with Gasteiger partial charge in [0.2, 0.25) is 0 Å². The standard InChI is InChI=1S/C16H24/c1-3-5-7-10-15(4-2)13-14-16-11-8-6-9-12-16/h4,6,8-9,11-12H,3,5,7,10,13-14H2,1-2H3. The molecular weight excluding hydrogens is 192 g/mol. The Bertz CT molecular complexity index is 295. The Balaban J connectivity index is 2.29. The SMILES string of the molecule is CC=C(CCCCC)CCc1ccccc1. The van der Waals surface area contributed by atoms with Crippen LogP contribution in [0.25, 0.3) is 0 Å². The van der Waals surface area contributed by atoms with Crippen LogP contribution < -0.4 is 0 Å². The summed E-state index contributed by atoms with van der Waals surface area (Å²) in [6.07, 6.45) is 10.0. The van der Waals surface area contributed by atoms with E-state index in [-0.39, 0.29) is 0 Å². The van der Waals surface area contributed by atoms with Crippen LogP contribution in [0.5, 0.6) is 0 Å². The quantitative estimate of drug-likeness (QED) is 0.437. The van der Waals surface area contributed by atoms with Crippen LogP contribution in [0.2, 0.25) is 0 Å². The van der Waals surface area contributed by atoms with Gasteiger partial charge in [0.05, 0.1) is 0 Å². The van der Waals surface area contributed by atoms with E-state index in [9.17, 15) is 0 Å². The van der Waals surface area contributed by atoms with Gasteiger partial charge in [-0.05, 0) is 38.2 Å². The first kappa shape index (κ1) is 13.0. The summed E-state index contributed by atoms with van der Waals surface area (Å²) in [6.45, 7) is 4.44. The summed E-state index contributed by atoms with van der Waals surface area (Å²) in [7, 11) is 0. The van der Waals surface area contributed by atoms with Crippen molar-refractivity contribution in [1.82, 2.24) is 0 Å². The highest BCUT2D eigenvalue weighted by molar-refractivity contribution is 5.16. The summed E-state index contributed by atoms with van der Waals surface area (Å²) in [5.74, 6) is 0. The molecule has 0 radical (unpaired) electrons. The molecule has 1 aromatic rings. The molecule has 0 atom stereocenters. The molecule has 0 unspecified atom stereocenters. The first-order chi connectivity index (χ1) is 7.86. The lowest BCUT2D eigenvalue weighted by atomic mass is 10.00. The predicted octanol–water partition coefficient (Wildman–Crippen LogP) is 5.15. The molecule has 0 bridgehead atoms. The molecule has 1 aromatic carbocycles. The lowest BCUT2D eigenvalue weighted by molar-refractivity contribution is 0.693. The lowest BCUT2D eigenvalue weighted by Gasteiger charge is -2.06. The zero-order valence-corrected chi connectivity index (χ0v) is 10.7. The Morgan fingerprint density at radius 2 is 1.81 bits per heavy atom. The lowest BCUT2D eigenvalue weighted by Crippen LogP contribution is -1.90. The minimum Gasteiger partial charge on any atom is -0.0884 e. The maximum absolute atomic E-state index is 2.30. The van der Waals surface area contributed by atoms with E-state index in [1.54, 1.807) is 5.57 Å². The minimum atomic E-state index is 1.19. The fraction of sp³-hybridized carbons (Fsp3) is 0.500. The van der Waals surface area contributed by atoms with Crippen molar-refractivity contribution in [3.63, 3.8) is 0 Å². The van der Waals surface area contributed by atoms with Crippen LogP contribution in [-0.2, 0) is 6.42 Å². The van der Waals surface area contributed by atoms with Crippen molar-refractivity contribution in [1.29, 1.82) is 0 Å². The number of rotatable bonds is 7. The molecule has 0 aliphatic heterocycles. The molecule has 16 heavy (non-hydrogen) atoms. The molecule has 0 nitrogen and oxygen atoms in total. The van der Waals surface area contributed by atoms with Crippen LogP contribution in [0, 0.1) is 0 Å². The average molecular weight is 216 g/mol. The van der Waals surface area contributed by atoms with Crippen LogP contribution in [0.3, 0.4) is 0 Å². The molecule has 0 aliphatic carbocycles. The van der Waals surface area contributed by atoms with Gasteiger partial charge in [-0.2, -0.15) is 0 Å². The molecule has 0 fully saturated rings. The number of aryl methyl sites for hydroxylation is 1. The van der Waals surface area contributed by atoms with Crippen LogP contribution in [0.15, 0.2) is 42.0 Å². The fourth-order valence-electron chi connectivity index (χ4n) is 1.97. The third kappa shape index (κ3) is 5.16. The molecule has 0 amide bonds. The summed E-state index contributed by atoms with van der Waals surface area (Å²) in [4.78, 5) is 0. The number of unbranched alkanes of at least 4 members (excludes halogenated alkanes) is 2. The van der Waals surface area contributed by atoms with Gasteiger partial charge in [0.25, 0.3) is 0 Å². The second-order valence-electron chi connectivity index (χ2n) is 4.39. The van der Waals surface area contributed by atoms with Gasteiger partial charge in [-0.1, -0.05) is 61.7 Å². The number of benzene rings is 1. The molecule has 0 aliphatic rings. The molecule has 0 saturated heterocycles. The smallest absolute Gasteiger partial charge is 0.0241 e. The Hall–Kier alpha value is -1.04. The molecule has 1 rings (SSSR count). The van der Waals surface area contributed by atoms with Gasteiger partial charge in [0.1, 0.15) is 0 Å². The largest absolute Gasteiger partial charge is 0.0884 e. The Kier molecular flexibility index (Phi) is 6.64. The van der Waals surface area contributed by atoms with Crippen LogP contribution >= 0.6 is 0 Å². The Morgan fingerprint density at radius 3 is 2.44 bits per heavy atom. The monoisotopic (exact) mass is 216 g/mol. The molecule has 0 saturated carbocycles. The van der Waals surface area contributed by atoms with E-state index in [2.05, 4.69) is 50.3 Å². The van der Waals surface area contributed by atoms with E-state index in [1.807, 2.05) is 0 Å². The van der Waals surface area contributed by atoms with Crippen molar-refractivity contribution in [2.45, 2.75) is 52.4 Å². The zero-order valence-electron chi connectivity index (χ0n) is 10.7. The highest BCUT2D eigenvalue weighted by Crippen LogP contribution is 2.15. The summed E-state index contributed by atoms with van der Waals surface area (Å²) in [5, 5.41) is 0. The zero-order chi connectivity index (χ0) is 11.6. The molecular formula is C16H24. The van der Waals surface area contributed by atoms with Gasteiger partial charge >= 0.3 is 0 Å². The van der Waals surface area contributed by atoms with Crippen molar-refractivity contribution >= 4 is 0 Å². The molecule has 0 spiro atoms. The number of hydrogen-bond donors (Lipinski definition) is 0. The molecule has 0 heteroatoms. The van der Waals surface area contributed by atoms with Crippen LogP contribution in [-0.4, -0.2) is 0 Å². The second kappa shape index (κ2) is 8.15. The van der Waals surface area contributed by atoms with Gasteiger partial charge < -0.3 is 0 Å². The molecule has 0 aromatic heterocycles. The summed E-state index contributed by atoms with van der Waals surface area (Å²) in [5.41, 5.74) is 3.08. The Morgan fingerprint density at radius 1 is 1.06 bits per heavy atom. The van der Waals surface area contributed by atoms with Crippen molar-refractivity contribution < 1.29 is 0 Å². The summed E-state index contributed by atoms with van der Waals surface area (Å²) < 4.78 is 0. The maximum atomic E-state index is 2.30. The van der Waals surface area contributed by atoms with Crippen LogP contribution in [0.4, 0.5) is 0 Å². The van der Waals surface area contributed by atoms with E-state index >= 15 is 0 Å². The van der Waals surface area contributed by atoms with Gasteiger partial charge in [-0.15, -0.1) is 0 Å². The third-order valence-electron chi connectivity index (χ3n) is 3.09. The minimum absolute atomic E-state index is 1.19. The predicted molar refractivity (Wildman–Crippen MR) is 72.7 cm³/mol. The summed E-state index contributed by atoms with van der Waals surface area (Å²) >= 11 is 0. The molecule has 0 N–H and O–H groups in total. The second-order valence-corrected chi connectivity index (χ2v) is 4.39. The van der Waals surface area contributed by atoms with Crippen LogP contribution in [0.1, 0.15) is 51.5 Å². The highest BCUT2D eigenvalue weighted by Gasteiger charge is 1.98. The van der Waals surface area contributed by atoms with E-state index in [0.717, 1.165) is 0 Å². The maximum Gasteiger partial charge on any atom is -0.0241 e. The number of allylic oxidation sites excluding steroid dienone is 2. The van der Waals surface area contributed by atoms with E-state index < -0.39 is 0 Å². The average Bonchev–Trinajstić information content (AvgIpc) is 2.35.